The third-order valence-corrected chi connectivity index (χ3v) is 3.96. The first kappa shape index (κ1) is 7.60. The summed E-state index contributed by atoms with van der Waals surface area (Å²) >= 11 is 0. The van der Waals surface area contributed by atoms with E-state index in [2.05, 4.69) is 6.92 Å². The lowest BCUT2D eigenvalue weighted by Gasteiger charge is -2.45. The van der Waals surface area contributed by atoms with Gasteiger partial charge in [0, 0.05) is 6.04 Å². The molecule has 2 fully saturated rings. The van der Waals surface area contributed by atoms with E-state index in [1.807, 2.05) is 0 Å². The van der Waals surface area contributed by atoms with Crippen molar-refractivity contribution in [1.29, 1.82) is 0 Å². The highest BCUT2D eigenvalue weighted by Gasteiger charge is 2.47. The molecule has 2 aliphatic carbocycles. The molecular formula is C10H19N. The molecule has 0 bridgehead atoms. The summed E-state index contributed by atoms with van der Waals surface area (Å²) in [5, 5.41) is 0. The van der Waals surface area contributed by atoms with Crippen LogP contribution in [0.1, 0.15) is 45.4 Å². The maximum atomic E-state index is 5.98. The van der Waals surface area contributed by atoms with Crippen molar-refractivity contribution in [1.82, 2.24) is 0 Å². The largest absolute Gasteiger partial charge is 0.328 e. The second-order valence-corrected chi connectivity index (χ2v) is 4.57. The van der Waals surface area contributed by atoms with E-state index in [-0.39, 0.29) is 0 Å². The van der Waals surface area contributed by atoms with Crippen LogP contribution in [0.4, 0.5) is 0 Å². The molecule has 0 heterocycles. The highest BCUT2D eigenvalue weighted by atomic mass is 14.7. The zero-order chi connectivity index (χ0) is 7.90. The molecule has 1 nitrogen and oxygen atoms in total. The summed E-state index contributed by atoms with van der Waals surface area (Å²) < 4.78 is 0. The van der Waals surface area contributed by atoms with Gasteiger partial charge in [-0.25, -0.2) is 0 Å². The maximum Gasteiger partial charge on any atom is 0.00440 e. The maximum absolute atomic E-state index is 5.98. The summed E-state index contributed by atoms with van der Waals surface area (Å²) in [4.78, 5) is 0. The quantitative estimate of drug-likeness (QED) is 0.614. The Morgan fingerprint density at radius 1 is 1.27 bits per heavy atom. The fourth-order valence-electron chi connectivity index (χ4n) is 3.24. The lowest BCUT2D eigenvalue weighted by molar-refractivity contribution is 0.0662. The third kappa shape index (κ3) is 1.01. The number of nitrogens with two attached hydrogens (primary N) is 1. The van der Waals surface area contributed by atoms with Crippen LogP contribution in [0.3, 0.4) is 0 Å². The molecule has 64 valence electrons. The smallest absolute Gasteiger partial charge is 0.00440 e. The highest BCUT2D eigenvalue weighted by molar-refractivity contribution is 4.99. The second-order valence-electron chi connectivity index (χ2n) is 4.57. The second kappa shape index (κ2) is 2.48. The van der Waals surface area contributed by atoms with Gasteiger partial charge in [0.05, 0.1) is 0 Å². The van der Waals surface area contributed by atoms with Gasteiger partial charge in [-0.2, -0.15) is 0 Å². The standard InChI is InChI=1S/C10H19N/c1-8(11)9-4-2-5-10(9)6-3-7-10/h8-9H,2-7,11H2,1H3. The zero-order valence-corrected chi connectivity index (χ0v) is 7.47. The van der Waals surface area contributed by atoms with Crippen molar-refractivity contribution in [2.75, 3.05) is 0 Å². The minimum Gasteiger partial charge on any atom is -0.328 e. The fourth-order valence-corrected chi connectivity index (χ4v) is 3.24. The summed E-state index contributed by atoms with van der Waals surface area (Å²) in [5.74, 6) is 0.858. The van der Waals surface area contributed by atoms with Crippen molar-refractivity contribution >= 4 is 0 Å². The normalized spacial score (nSPS) is 37.1. The lowest BCUT2D eigenvalue weighted by atomic mass is 9.61. The molecule has 2 saturated carbocycles. The Balaban J connectivity index is 2.07. The average molecular weight is 153 g/mol. The Morgan fingerprint density at radius 2 is 1.91 bits per heavy atom. The first-order valence-electron chi connectivity index (χ1n) is 5.00. The molecule has 0 radical (unpaired) electrons. The SMILES string of the molecule is CC(N)C1CCCC12CCC2. The van der Waals surface area contributed by atoms with Crippen LogP contribution in [0.25, 0.3) is 0 Å². The van der Waals surface area contributed by atoms with Gasteiger partial charge in [-0.3, -0.25) is 0 Å². The summed E-state index contributed by atoms with van der Waals surface area (Å²) in [7, 11) is 0. The molecule has 0 aromatic heterocycles. The monoisotopic (exact) mass is 153 g/mol. The minimum absolute atomic E-state index is 0.442. The van der Waals surface area contributed by atoms with E-state index in [1.165, 1.54) is 38.5 Å². The van der Waals surface area contributed by atoms with E-state index in [4.69, 9.17) is 5.73 Å². The first-order valence-corrected chi connectivity index (χ1v) is 5.00. The van der Waals surface area contributed by atoms with Crippen LogP contribution >= 0.6 is 0 Å². The van der Waals surface area contributed by atoms with E-state index in [9.17, 15) is 0 Å². The van der Waals surface area contributed by atoms with Gasteiger partial charge in [-0.15, -0.1) is 0 Å². The molecule has 0 aliphatic heterocycles. The van der Waals surface area contributed by atoms with Gasteiger partial charge in [0.15, 0.2) is 0 Å². The molecule has 1 heteroatoms. The summed E-state index contributed by atoms with van der Waals surface area (Å²) in [6.07, 6.45) is 8.71. The number of hydrogen-bond acceptors (Lipinski definition) is 1. The molecule has 0 aromatic rings. The van der Waals surface area contributed by atoms with Crippen molar-refractivity contribution in [2.45, 2.75) is 51.5 Å². The topological polar surface area (TPSA) is 26.0 Å². The average Bonchev–Trinajstić information content (AvgIpc) is 2.27. The van der Waals surface area contributed by atoms with Crippen LogP contribution in [-0.4, -0.2) is 6.04 Å². The highest BCUT2D eigenvalue weighted by Crippen LogP contribution is 2.57. The van der Waals surface area contributed by atoms with Gasteiger partial charge >= 0.3 is 0 Å². The van der Waals surface area contributed by atoms with Gasteiger partial charge < -0.3 is 5.73 Å². The van der Waals surface area contributed by atoms with Gasteiger partial charge in [-0.05, 0) is 43.9 Å². The van der Waals surface area contributed by atoms with Gasteiger partial charge in [0.2, 0.25) is 0 Å². The molecule has 0 aromatic carbocycles. The van der Waals surface area contributed by atoms with Crippen LogP contribution in [0.5, 0.6) is 0 Å². The lowest BCUT2D eigenvalue weighted by Crippen LogP contribution is -2.41. The van der Waals surface area contributed by atoms with Crippen molar-refractivity contribution in [2.24, 2.45) is 17.1 Å². The Bertz CT molecular complexity index is 147. The van der Waals surface area contributed by atoms with E-state index >= 15 is 0 Å². The minimum atomic E-state index is 0.442. The summed E-state index contributed by atoms with van der Waals surface area (Å²) in [6, 6.07) is 0.442. The molecule has 0 saturated heterocycles. The predicted octanol–water partition coefficient (Wildman–Crippen LogP) is 2.30. The number of hydrogen-bond donors (Lipinski definition) is 1. The zero-order valence-electron chi connectivity index (χ0n) is 7.47. The van der Waals surface area contributed by atoms with Crippen molar-refractivity contribution in [3.8, 4) is 0 Å². The van der Waals surface area contributed by atoms with Crippen LogP contribution in [0.15, 0.2) is 0 Å². The molecular weight excluding hydrogens is 134 g/mol. The predicted molar refractivity (Wildman–Crippen MR) is 47.3 cm³/mol. The van der Waals surface area contributed by atoms with E-state index < -0.39 is 0 Å². The molecule has 2 unspecified atom stereocenters. The number of rotatable bonds is 1. The van der Waals surface area contributed by atoms with Crippen LogP contribution in [-0.2, 0) is 0 Å². The third-order valence-electron chi connectivity index (χ3n) is 3.96. The van der Waals surface area contributed by atoms with Crippen molar-refractivity contribution < 1.29 is 0 Å². The van der Waals surface area contributed by atoms with Crippen molar-refractivity contribution in [3.63, 3.8) is 0 Å². The summed E-state index contributed by atoms with van der Waals surface area (Å²) in [5.41, 5.74) is 6.71. The molecule has 11 heavy (non-hydrogen) atoms. The molecule has 2 N–H and O–H groups in total. The molecule has 2 aliphatic rings. The van der Waals surface area contributed by atoms with Crippen molar-refractivity contribution in [3.05, 3.63) is 0 Å². The molecule has 0 amide bonds. The Labute approximate surface area is 69.4 Å². The summed E-state index contributed by atoms with van der Waals surface area (Å²) in [6.45, 7) is 2.19. The first-order chi connectivity index (χ1) is 5.25. The van der Waals surface area contributed by atoms with Crippen LogP contribution in [0.2, 0.25) is 0 Å². The van der Waals surface area contributed by atoms with Gasteiger partial charge in [0.25, 0.3) is 0 Å². The van der Waals surface area contributed by atoms with Crippen LogP contribution < -0.4 is 5.73 Å². The Hall–Kier alpha value is -0.0400. The van der Waals surface area contributed by atoms with E-state index in [0.717, 1.165) is 11.3 Å². The van der Waals surface area contributed by atoms with Crippen LogP contribution in [0, 0.1) is 11.3 Å². The van der Waals surface area contributed by atoms with Gasteiger partial charge in [0.1, 0.15) is 0 Å². The molecule has 2 atom stereocenters. The molecule has 1 spiro atoms. The molecule has 2 rings (SSSR count). The Morgan fingerprint density at radius 3 is 2.27 bits per heavy atom. The Kier molecular flexibility index (Phi) is 1.71. The van der Waals surface area contributed by atoms with E-state index in [0.29, 0.717) is 6.04 Å². The van der Waals surface area contributed by atoms with E-state index in [1.54, 1.807) is 0 Å². The van der Waals surface area contributed by atoms with Gasteiger partial charge in [-0.1, -0.05) is 12.8 Å². The fraction of sp³-hybridized carbons (Fsp3) is 1.00.